The number of carboxylic acid groups (broad SMARTS) is 2. The summed E-state index contributed by atoms with van der Waals surface area (Å²) in [5.74, 6) is -3.41. The standard InChI is InChI=1S/C4H2Cl2O4.K/c5-1(3(7)8)2(6)4(9)10;/h(H,7,8)(H,9,10);/q;+1/p-1/b2-1-;. The van der Waals surface area contributed by atoms with Crippen LogP contribution in [0.15, 0.2) is 10.1 Å². The Kier molecular flexibility index (Phi) is 8.41. The summed E-state index contributed by atoms with van der Waals surface area (Å²) in [5.41, 5.74) is 0. The molecule has 0 atom stereocenters. The van der Waals surface area contributed by atoms with E-state index in [1.807, 2.05) is 0 Å². The molecule has 0 rings (SSSR count). The van der Waals surface area contributed by atoms with E-state index in [0.29, 0.717) is 0 Å². The molecule has 0 spiro atoms. The third kappa shape index (κ3) is 5.19. The van der Waals surface area contributed by atoms with Crippen LogP contribution in [0.4, 0.5) is 0 Å². The maximum atomic E-state index is 9.88. The van der Waals surface area contributed by atoms with Crippen LogP contribution in [0.5, 0.6) is 0 Å². The van der Waals surface area contributed by atoms with Crippen molar-refractivity contribution in [2.24, 2.45) is 0 Å². The molecule has 0 aliphatic heterocycles. The van der Waals surface area contributed by atoms with Gasteiger partial charge in [-0.15, -0.1) is 0 Å². The number of carbonyl (C=O) groups excluding carboxylic acids is 1. The van der Waals surface area contributed by atoms with Crippen molar-refractivity contribution in [1.29, 1.82) is 0 Å². The number of carboxylic acids is 2. The summed E-state index contributed by atoms with van der Waals surface area (Å²) >= 11 is 9.75. The molecule has 0 fully saturated rings. The second kappa shape index (κ2) is 6.42. The molecule has 0 unspecified atom stereocenters. The van der Waals surface area contributed by atoms with E-state index in [-0.39, 0.29) is 51.4 Å². The van der Waals surface area contributed by atoms with Crippen LogP contribution in [0.3, 0.4) is 0 Å². The van der Waals surface area contributed by atoms with E-state index in [0.717, 1.165) is 0 Å². The molecule has 4 nitrogen and oxygen atoms in total. The van der Waals surface area contributed by atoms with Gasteiger partial charge in [-0.25, -0.2) is 4.79 Å². The zero-order valence-electron chi connectivity index (χ0n) is 5.43. The largest absolute Gasteiger partial charge is 1.00 e. The Morgan fingerprint density at radius 3 is 1.64 bits per heavy atom. The van der Waals surface area contributed by atoms with Gasteiger partial charge in [-0.3, -0.25) is 0 Å². The minimum Gasteiger partial charge on any atom is -0.544 e. The second-order valence-corrected chi connectivity index (χ2v) is 1.98. The summed E-state index contributed by atoms with van der Waals surface area (Å²) in [6.45, 7) is 0. The van der Waals surface area contributed by atoms with Crippen molar-refractivity contribution in [2.75, 3.05) is 0 Å². The molecule has 1 N–H and O–H groups in total. The fraction of sp³-hybridized carbons (Fsp3) is 0. The van der Waals surface area contributed by atoms with E-state index in [4.69, 9.17) is 28.3 Å². The van der Waals surface area contributed by atoms with Crippen molar-refractivity contribution in [3.8, 4) is 0 Å². The summed E-state index contributed by atoms with van der Waals surface area (Å²) in [7, 11) is 0. The smallest absolute Gasteiger partial charge is 0.544 e. The third-order valence-electron chi connectivity index (χ3n) is 0.560. The predicted octanol–water partition coefficient (Wildman–Crippen LogP) is -3.49. The monoisotopic (exact) mass is 222 g/mol. The van der Waals surface area contributed by atoms with Crippen molar-refractivity contribution < 1.29 is 71.2 Å². The van der Waals surface area contributed by atoms with Gasteiger partial charge in [0.25, 0.3) is 0 Å². The summed E-state index contributed by atoms with van der Waals surface area (Å²) in [4.78, 5) is 19.7. The molecule has 0 saturated heterocycles. The maximum absolute atomic E-state index is 9.88. The molecule has 0 aliphatic carbocycles. The molecule has 0 aromatic rings. The Balaban J connectivity index is 0. The molecule has 7 heteroatoms. The number of aliphatic carboxylic acids is 2. The Morgan fingerprint density at radius 2 is 1.55 bits per heavy atom. The molecule has 0 amide bonds. The van der Waals surface area contributed by atoms with Crippen LogP contribution in [0.25, 0.3) is 0 Å². The van der Waals surface area contributed by atoms with Crippen molar-refractivity contribution in [1.82, 2.24) is 0 Å². The number of hydrogen-bond acceptors (Lipinski definition) is 3. The van der Waals surface area contributed by atoms with Crippen molar-refractivity contribution in [3.05, 3.63) is 10.1 Å². The molecule has 0 bridgehead atoms. The Labute approximate surface area is 115 Å². The van der Waals surface area contributed by atoms with Crippen molar-refractivity contribution >= 4 is 35.1 Å². The predicted molar refractivity (Wildman–Crippen MR) is 31.4 cm³/mol. The normalized spacial score (nSPS) is 11.1. The molecule has 0 heterocycles. The summed E-state index contributed by atoms with van der Waals surface area (Å²) < 4.78 is 0. The van der Waals surface area contributed by atoms with Crippen LogP contribution in [0.2, 0.25) is 0 Å². The van der Waals surface area contributed by atoms with Crippen molar-refractivity contribution in [2.45, 2.75) is 0 Å². The van der Waals surface area contributed by atoms with Crippen LogP contribution >= 0.6 is 23.2 Å². The first kappa shape index (κ1) is 14.4. The van der Waals surface area contributed by atoms with Gasteiger partial charge in [-0.2, -0.15) is 0 Å². The van der Waals surface area contributed by atoms with E-state index in [1.54, 1.807) is 0 Å². The molecule has 0 aromatic carbocycles. The number of hydrogen-bond donors (Lipinski definition) is 1. The van der Waals surface area contributed by atoms with E-state index >= 15 is 0 Å². The van der Waals surface area contributed by atoms with Crippen LogP contribution < -0.4 is 56.5 Å². The Hall–Kier alpha value is 0.896. The minimum atomic E-state index is -1.81. The first-order chi connectivity index (χ1) is 4.46. The molecule has 0 aromatic heterocycles. The van der Waals surface area contributed by atoms with E-state index in [1.165, 1.54) is 0 Å². The fourth-order valence-corrected chi connectivity index (χ4v) is 0.341. The number of carbonyl (C=O) groups is 2. The molecule has 0 saturated carbocycles. The van der Waals surface area contributed by atoms with Gasteiger partial charge < -0.3 is 15.0 Å². The van der Waals surface area contributed by atoms with Gasteiger partial charge in [0.1, 0.15) is 5.03 Å². The number of halogens is 2. The summed E-state index contributed by atoms with van der Waals surface area (Å²) in [6.07, 6.45) is 0. The van der Waals surface area contributed by atoms with Gasteiger partial charge in [-0.1, -0.05) is 23.2 Å². The first-order valence-corrected chi connectivity index (χ1v) is 2.72. The zero-order valence-corrected chi connectivity index (χ0v) is 10.1. The Bertz CT molecular complexity index is 190. The molecule has 11 heavy (non-hydrogen) atoms. The molecule has 0 aliphatic rings. The van der Waals surface area contributed by atoms with Gasteiger partial charge in [0.05, 0.1) is 11.0 Å². The van der Waals surface area contributed by atoms with Crippen molar-refractivity contribution in [3.63, 3.8) is 0 Å². The van der Waals surface area contributed by atoms with Crippen LogP contribution in [-0.2, 0) is 9.59 Å². The van der Waals surface area contributed by atoms with Gasteiger partial charge >= 0.3 is 57.4 Å². The van der Waals surface area contributed by atoms with Crippen LogP contribution in [0.1, 0.15) is 0 Å². The quantitative estimate of drug-likeness (QED) is 0.389. The van der Waals surface area contributed by atoms with E-state index < -0.39 is 22.0 Å². The molecule has 0 radical (unpaired) electrons. The minimum absolute atomic E-state index is 0. The third-order valence-corrected chi connectivity index (χ3v) is 1.35. The number of rotatable bonds is 2. The molecular formula is C4HCl2KO4. The topological polar surface area (TPSA) is 77.4 Å². The maximum Gasteiger partial charge on any atom is 1.00 e. The summed E-state index contributed by atoms with van der Waals surface area (Å²) in [5, 5.41) is 15.9. The summed E-state index contributed by atoms with van der Waals surface area (Å²) in [6, 6.07) is 0. The fourth-order valence-electron chi connectivity index (χ4n) is 0.183. The molecular weight excluding hydrogens is 222 g/mol. The van der Waals surface area contributed by atoms with Gasteiger partial charge in [-0.05, 0) is 0 Å². The first-order valence-electron chi connectivity index (χ1n) is 1.96. The van der Waals surface area contributed by atoms with Crippen LogP contribution in [0, 0.1) is 0 Å². The SMILES string of the molecule is O=C([O-])/C(Cl)=C(/Cl)C(=O)O.[K+]. The van der Waals surface area contributed by atoms with E-state index in [2.05, 4.69) is 0 Å². The average molecular weight is 223 g/mol. The van der Waals surface area contributed by atoms with Gasteiger partial charge in [0, 0.05) is 0 Å². The Morgan fingerprint density at radius 1 is 1.18 bits per heavy atom. The average Bonchev–Trinajstić information content (AvgIpc) is 1.84. The van der Waals surface area contributed by atoms with Crippen LogP contribution in [-0.4, -0.2) is 17.0 Å². The second-order valence-electron chi connectivity index (χ2n) is 1.22. The zero-order chi connectivity index (χ0) is 8.31. The molecule has 56 valence electrons. The van der Waals surface area contributed by atoms with Gasteiger partial charge in [0.2, 0.25) is 0 Å². The van der Waals surface area contributed by atoms with E-state index in [9.17, 15) is 14.7 Å². The van der Waals surface area contributed by atoms with Gasteiger partial charge in [0.15, 0.2) is 0 Å².